The van der Waals surface area contributed by atoms with Gasteiger partial charge < -0.3 is 20.3 Å². The fourth-order valence-electron chi connectivity index (χ4n) is 3.16. The third kappa shape index (κ3) is 6.03. The van der Waals surface area contributed by atoms with Crippen LogP contribution in [0.2, 0.25) is 0 Å². The van der Waals surface area contributed by atoms with Gasteiger partial charge in [0.15, 0.2) is 0 Å². The van der Waals surface area contributed by atoms with Crippen molar-refractivity contribution in [1.29, 1.82) is 0 Å². The molecule has 0 saturated carbocycles. The summed E-state index contributed by atoms with van der Waals surface area (Å²) < 4.78 is 5.29. The number of benzene rings is 2. The molecule has 148 valence electrons. The second-order valence-corrected chi connectivity index (χ2v) is 6.29. The van der Waals surface area contributed by atoms with E-state index in [0.717, 1.165) is 43.2 Å². The lowest BCUT2D eigenvalue weighted by molar-refractivity contribution is -0.131. The molecule has 1 heterocycles. The zero-order valence-electron chi connectivity index (χ0n) is 15.4. The van der Waals surface area contributed by atoms with Gasteiger partial charge in [0.2, 0.25) is 5.91 Å². The second kappa shape index (κ2) is 11.0. The fraction of sp³-hybridized carbons (Fsp3) is 0.350. The maximum atomic E-state index is 12.5. The van der Waals surface area contributed by atoms with Crippen LogP contribution in [0.4, 0.5) is 5.69 Å². The van der Waals surface area contributed by atoms with Gasteiger partial charge in [0.05, 0.1) is 7.11 Å². The second-order valence-electron chi connectivity index (χ2n) is 6.29. The molecule has 2 aromatic rings. The molecular weight excluding hydrogens is 385 g/mol. The minimum Gasteiger partial charge on any atom is -0.497 e. The van der Waals surface area contributed by atoms with Crippen molar-refractivity contribution in [2.24, 2.45) is 5.73 Å². The lowest BCUT2D eigenvalue weighted by atomic mass is 10.0. The number of hydrogen-bond acceptors (Lipinski definition) is 4. The monoisotopic (exact) mass is 411 g/mol. The highest BCUT2D eigenvalue weighted by Crippen LogP contribution is 2.22. The molecule has 2 aromatic carbocycles. The molecule has 1 aliphatic rings. The summed E-state index contributed by atoms with van der Waals surface area (Å²) >= 11 is 0. The number of amides is 1. The zero-order chi connectivity index (χ0) is 17.6. The summed E-state index contributed by atoms with van der Waals surface area (Å²) in [7, 11) is 1.67. The van der Waals surface area contributed by atoms with Gasteiger partial charge in [0.1, 0.15) is 5.75 Å². The van der Waals surface area contributed by atoms with E-state index in [2.05, 4.69) is 11.0 Å². The van der Waals surface area contributed by atoms with E-state index in [9.17, 15) is 4.79 Å². The molecule has 0 aliphatic carbocycles. The Morgan fingerprint density at radius 2 is 1.70 bits per heavy atom. The van der Waals surface area contributed by atoms with Gasteiger partial charge in [-0.25, -0.2) is 0 Å². The predicted octanol–water partition coefficient (Wildman–Crippen LogP) is 3.28. The molecule has 2 N–H and O–H groups in total. The van der Waals surface area contributed by atoms with Gasteiger partial charge in [-0.05, 0) is 17.7 Å². The van der Waals surface area contributed by atoms with E-state index in [1.165, 1.54) is 0 Å². The molecule has 5 nitrogen and oxygen atoms in total. The number of ether oxygens (including phenoxy) is 1. The van der Waals surface area contributed by atoms with Crippen molar-refractivity contribution in [2.45, 2.75) is 12.5 Å². The Morgan fingerprint density at radius 1 is 1.04 bits per heavy atom. The molecule has 0 bridgehead atoms. The van der Waals surface area contributed by atoms with Gasteiger partial charge in [-0.2, -0.15) is 0 Å². The van der Waals surface area contributed by atoms with Gasteiger partial charge in [-0.1, -0.05) is 36.4 Å². The lowest BCUT2D eigenvalue weighted by Gasteiger charge is -2.36. The maximum Gasteiger partial charge on any atom is 0.224 e. The zero-order valence-corrected chi connectivity index (χ0v) is 17.0. The summed E-state index contributed by atoms with van der Waals surface area (Å²) in [6, 6.07) is 17.6. The van der Waals surface area contributed by atoms with Crippen LogP contribution in [-0.4, -0.2) is 44.1 Å². The summed E-state index contributed by atoms with van der Waals surface area (Å²) in [4.78, 5) is 16.7. The van der Waals surface area contributed by atoms with Crippen molar-refractivity contribution in [3.05, 3.63) is 60.2 Å². The summed E-state index contributed by atoms with van der Waals surface area (Å²) in [5.41, 5.74) is 8.32. The fourth-order valence-corrected chi connectivity index (χ4v) is 3.16. The van der Waals surface area contributed by atoms with Gasteiger partial charge in [0, 0.05) is 50.4 Å². The SMILES string of the molecule is COc1cccc(N2CCN(C(=O)CC(N)c3ccccc3)CC2)c1.Cl.Cl. The summed E-state index contributed by atoms with van der Waals surface area (Å²) in [6.07, 6.45) is 0.350. The van der Waals surface area contributed by atoms with Crippen molar-refractivity contribution in [3.8, 4) is 5.75 Å². The van der Waals surface area contributed by atoms with Crippen LogP contribution < -0.4 is 15.4 Å². The van der Waals surface area contributed by atoms with Crippen molar-refractivity contribution in [2.75, 3.05) is 38.2 Å². The molecule has 3 rings (SSSR count). The highest BCUT2D eigenvalue weighted by Gasteiger charge is 2.23. The van der Waals surface area contributed by atoms with Crippen LogP contribution in [0.3, 0.4) is 0 Å². The number of piperazine rings is 1. The first-order valence-corrected chi connectivity index (χ1v) is 8.64. The number of nitrogens with two attached hydrogens (primary N) is 1. The Labute approximate surface area is 173 Å². The molecule has 1 atom stereocenters. The van der Waals surface area contributed by atoms with Gasteiger partial charge in [0.25, 0.3) is 0 Å². The number of anilines is 1. The van der Waals surface area contributed by atoms with Crippen LogP contribution in [0.1, 0.15) is 18.0 Å². The summed E-state index contributed by atoms with van der Waals surface area (Å²) in [6.45, 7) is 3.08. The van der Waals surface area contributed by atoms with Crippen LogP contribution in [0.25, 0.3) is 0 Å². The van der Waals surface area contributed by atoms with Gasteiger partial charge in [-0.15, -0.1) is 24.8 Å². The van der Waals surface area contributed by atoms with Gasteiger partial charge in [-0.3, -0.25) is 4.79 Å². The average Bonchev–Trinajstić information content (AvgIpc) is 2.68. The first kappa shape index (κ1) is 23.1. The molecular formula is C20H27Cl2N3O2. The van der Waals surface area contributed by atoms with E-state index in [1.807, 2.05) is 53.4 Å². The number of carbonyl (C=O) groups is 1. The highest BCUT2D eigenvalue weighted by molar-refractivity contribution is 5.85. The van der Waals surface area contributed by atoms with E-state index < -0.39 is 0 Å². The number of nitrogens with zero attached hydrogens (tertiary/aromatic N) is 2. The third-order valence-corrected chi connectivity index (χ3v) is 4.67. The van der Waals surface area contributed by atoms with E-state index in [4.69, 9.17) is 10.5 Å². The quantitative estimate of drug-likeness (QED) is 0.819. The third-order valence-electron chi connectivity index (χ3n) is 4.67. The highest BCUT2D eigenvalue weighted by atomic mass is 35.5. The van der Waals surface area contributed by atoms with E-state index in [-0.39, 0.29) is 36.8 Å². The van der Waals surface area contributed by atoms with Crippen LogP contribution in [0, 0.1) is 0 Å². The number of halogens is 2. The lowest BCUT2D eigenvalue weighted by Crippen LogP contribution is -2.49. The number of methoxy groups -OCH3 is 1. The smallest absolute Gasteiger partial charge is 0.224 e. The largest absolute Gasteiger partial charge is 0.497 e. The Hall–Kier alpha value is -1.95. The Morgan fingerprint density at radius 3 is 2.33 bits per heavy atom. The number of carbonyl (C=O) groups excluding carboxylic acids is 1. The molecule has 7 heteroatoms. The molecule has 1 aliphatic heterocycles. The van der Waals surface area contributed by atoms with E-state index in [1.54, 1.807) is 7.11 Å². The van der Waals surface area contributed by atoms with Crippen molar-refractivity contribution in [3.63, 3.8) is 0 Å². The van der Waals surface area contributed by atoms with Crippen LogP contribution >= 0.6 is 24.8 Å². The molecule has 1 saturated heterocycles. The van der Waals surface area contributed by atoms with Crippen molar-refractivity contribution < 1.29 is 9.53 Å². The minimum absolute atomic E-state index is 0. The van der Waals surface area contributed by atoms with Crippen LogP contribution in [0.5, 0.6) is 5.75 Å². The summed E-state index contributed by atoms with van der Waals surface area (Å²) in [5.74, 6) is 0.978. The predicted molar refractivity (Wildman–Crippen MR) is 114 cm³/mol. The normalized spacial score (nSPS) is 14.6. The first-order chi connectivity index (χ1) is 12.2. The minimum atomic E-state index is -0.245. The molecule has 1 fully saturated rings. The van der Waals surface area contributed by atoms with E-state index in [0.29, 0.717) is 6.42 Å². The Bertz CT molecular complexity index is 707. The molecule has 0 radical (unpaired) electrons. The maximum absolute atomic E-state index is 12.5. The Balaban J connectivity index is 0.00000182. The topological polar surface area (TPSA) is 58.8 Å². The van der Waals surface area contributed by atoms with Crippen molar-refractivity contribution in [1.82, 2.24) is 4.90 Å². The number of hydrogen-bond donors (Lipinski definition) is 1. The van der Waals surface area contributed by atoms with Crippen LogP contribution in [0.15, 0.2) is 54.6 Å². The van der Waals surface area contributed by atoms with E-state index >= 15 is 0 Å². The molecule has 27 heavy (non-hydrogen) atoms. The van der Waals surface area contributed by atoms with Crippen molar-refractivity contribution >= 4 is 36.4 Å². The molecule has 1 unspecified atom stereocenters. The van der Waals surface area contributed by atoms with Gasteiger partial charge >= 0.3 is 0 Å². The molecule has 0 spiro atoms. The first-order valence-electron chi connectivity index (χ1n) is 8.64. The summed E-state index contributed by atoms with van der Waals surface area (Å²) in [5, 5.41) is 0. The molecule has 0 aromatic heterocycles. The average molecular weight is 412 g/mol. The Kier molecular flexibility index (Phi) is 9.43. The van der Waals surface area contributed by atoms with Crippen LogP contribution in [-0.2, 0) is 4.79 Å². The standard InChI is InChI=1S/C20H25N3O2.2ClH/c1-25-18-9-5-8-17(14-18)22-10-12-23(13-11-22)20(24)15-19(21)16-6-3-2-4-7-16;;/h2-9,14,19H,10-13,15,21H2,1H3;2*1H. The number of rotatable bonds is 5. The molecule has 1 amide bonds.